The summed E-state index contributed by atoms with van der Waals surface area (Å²) >= 11 is 5.99. The molecule has 0 saturated heterocycles. The van der Waals surface area contributed by atoms with Crippen LogP contribution >= 0.6 is 11.6 Å². The van der Waals surface area contributed by atoms with Crippen LogP contribution in [0.25, 0.3) is 11.3 Å². The van der Waals surface area contributed by atoms with Crippen LogP contribution in [0.15, 0.2) is 67.4 Å². The molecule has 1 heterocycles. The maximum Gasteiger partial charge on any atom is 0.418 e. The van der Waals surface area contributed by atoms with Crippen molar-refractivity contribution < 1.29 is 26.7 Å². The third kappa shape index (κ3) is 7.18. The van der Waals surface area contributed by atoms with E-state index in [0.29, 0.717) is 0 Å². The van der Waals surface area contributed by atoms with E-state index in [-0.39, 0.29) is 16.9 Å². The maximum absolute atomic E-state index is 13.7. The van der Waals surface area contributed by atoms with E-state index in [2.05, 4.69) is 11.9 Å². The molecule has 3 nitrogen and oxygen atoms in total. The highest BCUT2D eigenvalue weighted by Gasteiger charge is 2.36. The standard InChI is InChI=1S/C20H14ClF5N2O.C3H6.C2H6/c1-11(21)28-10-9-15(20(24,25)26)18(28)12-5-7-13(8-6-12)27-19(29)14-3-2-4-16(22)17(14)23;1-3-2;1-2/h2-11H,1H3,(H,27,29);3H,1H2,2H3;1-2H3. The molecule has 1 amide bonds. The van der Waals surface area contributed by atoms with Gasteiger partial charge in [0.15, 0.2) is 11.6 Å². The fourth-order valence-corrected chi connectivity index (χ4v) is 3.03. The summed E-state index contributed by atoms with van der Waals surface area (Å²) < 4.78 is 68.3. The van der Waals surface area contributed by atoms with Gasteiger partial charge in [-0.3, -0.25) is 4.79 Å². The Hall–Kier alpha value is -3.13. The van der Waals surface area contributed by atoms with Crippen molar-refractivity contribution in [2.24, 2.45) is 0 Å². The fourth-order valence-electron chi connectivity index (χ4n) is 2.87. The molecule has 3 rings (SSSR count). The molecular weight excluding hydrogens is 475 g/mol. The molecule has 0 radical (unpaired) electrons. The van der Waals surface area contributed by atoms with Gasteiger partial charge in [-0.2, -0.15) is 13.2 Å². The Morgan fingerprint density at radius 3 is 2.15 bits per heavy atom. The molecule has 184 valence electrons. The van der Waals surface area contributed by atoms with Crippen molar-refractivity contribution >= 4 is 23.2 Å². The first-order valence-corrected chi connectivity index (χ1v) is 10.8. The average Bonchev–Trinajstić information content (AvgIpc) is 3.24. The van der Waals surface area contributed by atoms with Gasteiger partial charge in [-0.25, -0.2) is 8.78 Å². The lowest BCUT2D eigenvalue weighted by Gasteiger charge is -2.15. The molecule has 1 atom stereocenters. The second-order valence-electron chi connectivity index (χ2n) is 6.60. The van der Waals surface area contributed by atoms with Gasteiger partial charge in [-0.1, -0.05) is 49.7 Å². The van der Waals surface area contributed by atoms with Gasteiger partial charge in [0.05, 0.1) is 16.8 Å². The molecule has 1 unspecified atom stereocenters. The Balaban J connectivity index is 0.00000107. The summed E-state index contributed by atoms with van der Waals surface area (Å²) in [5.74, 6) is -3.34. The largest absolute Gasteiger partial charge is 0.418 e. The molecule has 9 heteroatoms. The number of carbonyl (C=O) groups excluding carboxylic acids is 1. The summed E-state index contributed by atoms with van der Waals surface area (Å²) in [6, 6.07) is 9.60. The summed E-state index contributed by atoms with van der Waals surface area (Å²) in [6.07, 6.45) is -1.58. The van der Waals surface area contributed by atoms with Crippen LogP contribution in [0.3, 0.4) is 0 Å². The molecule has 0 aliphatic heterocycles. The van der Waals surface area contributed by atoms with Crippen molar-refractivity contribution in [2.75, 3.05) is 5.32 Å². The quantitative estimate of drug-likeness (QED) is 0.217. The van der Waals surface area contributed by atoms with Crippen LogP contribution < -0.4 is 5.32 Å². The van der Waals surface area contributed by atoms with Gasteiger partial charge in [0.2, 0.25) is 0 Å². The Labute approximate surface area is 200 Å². The Morgan fingerprint density at radius 1 is 1.09 bits per heavy atom. The lowest BCUT2D eigenvalue weighted by molar-refractivity contribution is -0.137. The number of benzene rings is 2. The van der Waals surface area contributed by atoms with Gasteiger partial charge in [-0.05, 0) is 49.7 Å². The molecular formula is C25H26ClF5N2O. The number of nitrogens with one attached hydrogen (secondary N) is 1. The molecule has 0 fully saturated rings. The van der Waals surface area contributed by atoms with Gasteiger partial charge in [0.25, 0.3) is 5.91 Å². The van der Waals surface area contributed by atoms with Crippen LogP contribution in [-0.2, 0) is 6.18 Å². The van der Waals surface area contributed by atoms with Crippen LogP contribution in [-0.4, -0.2) is 10.5 Å². The molecule has 2 aromatic carbocycles. The van der Waals surface area contributed by atoms with E-state index >= 15 is 0 Å². The number of nitrogens with zero attached hydrogens (tertiary/aromatic N) is 1. The summed E-state index contributed by atoms with van der Waals surface area (Å²) in [6.45, 7) is 10.8. The van der Waals surface area contributed by atoms with Crippen LogP contribution in [0.4, 0.5) is 27.6 Å². The molecule has 34 heavy (non-hydrogen) atoms. The number of halogens is 6. The summed E-state index contributed by atoms with van der Waals surface area (Å²) in [5.41, 5.74) is -1.75. The third-order valence-corrected chi connectivity index (χ3v) is 4.43. The zero-order chi connectivity index (χ0) is 26.1. The third-order valence-electron chi connectivity index (χ3n) is 4.22. The van der Waals surface area contributed by atoms with E-state index in [1.54, 1.807) is 6.08 Å². The van der Waals surface area contributed by atoms with E-state index in [1.165, 1.54) is 48.0 Å². The molecule has 1 N–H and O–H groups in total. The number of hydrogen-bond acceptors (Lipinski definition) is 1. The van der Waals surface area contributed by atoms with Crippen molar-refractivity contribution in [1.82, 2.24) is 4.57 Å². The van der Waals surface area contributed by atoms with E-state index in [0.717, 1.165) is 18.2 Å². The summed E-state index contributed by atoms with van der Waals surface area (Å²) in [7, 11) is 0. The molecule has 0 saturated carbocycles. The summed E-state index contributed by atoms with van der Waals surface area (Å²) in [4.78, 5) is 12.1. The van der Waals surface area contributed by atoms with E-state index in [1.807, 2.05) is 20.8 Å². The number of hydrogen-bond donors (Lipinski definition) is 1. The topological polar surface area (TPSA) is 34.0 Å². The van der Waals surface area contributed by atoms with Crippen molar-refractivity contribution in [1.29, 1.82) is 0 Å². The predicted molar refractivity (Wildman–Crippen MR) is 127 cm³/mol. The first kappa shape index (κ1) is 28.9. The fraction of sp³-hybridized carbons (Fsp3) is 0.240. The normalized spacial score (nSPS) is 11.4. The zero-order valence-corrected chi connectivity index (χ0v) is 19.9. The highest BCUT2D eigenvalue weighted by molar-refractivity contribution is 6.19. The van der Waals surface area contributed by atoms with Crippen LogP contribution in [0.2, 0.25) is 0 Å². The first-order chi connectivity index (χ1) is 16.0. The second-order valence-corrected chi connectivity index (χ2v) is 7.23. The number of aromatic nitrogens is 1. The van der Waals surface area contributed by atoms with Crippen LogP contribution in [0.1, 0.15) is 49.1 Å². The van der Waals surface area contributed by atoms with Crippen LogP contribution in [0, 0.1) is 11.6 Å². The van der Waals surface area contributed by atoms with Crippen molar-refractivity contribution in [3.05, 3.63) is 90.1 Å². The van der Waals surface area contributed by atoms with Gasteiger partial charge < -0.3 is 9.88 Å². The Morgan fingerprint density at radius 2 is 1.65 bits per heavy atom. The zero-order valence-electron chi connectivity index (χ0n) is 19.2. The van der Waals surface area contributed by atoms with Crippen molar-refractivity contribution in [2.45, 2.75) is 39.4 Å². The highest BCUT2D eigenvalue weighted by atomic mass is 35.5. The number of rotatable bonds is 4. The minimum atomic E-state index is -4.58. The number of anilines is 1. The minimum absolute atomic E-state index is 0.117. The Bertz CT molecular complexity index is 1090. The number of allylic oxidation sites excluding steroid dienone is 1. The van der Waals surface area contributed by atoms with Gasteiger partial charge >= 0.3 is 6.18 Å². The molecule has 1 aromatic heterocycles. The predicted octanol–water partition coefficient (Wildman–Crippen LogP) is 8.68. The minimum Gasteiger partial charge on any atom is -0.330 e. The number of alkyl halides is 4. The van der Waals surface area contributed by atoms with Gasteiger partial charge in [0, 0.05) is 11.9 Å². The van der Waals surface area contributed by atoms with E-state index in [4.69, 9.17) is 11.6 Å². The SMILES string of the molecule is C=CC.CC.CC(Cl)n1ccc(C(F)(F)F)c1-c1ccc(NC(=O)c2cccc(F)c2F)cc1. The van der Waals surface area contributed by atoms with E-state index < -0.39 is 40.3 Å². The van der Waals surface area contributed by atoms with E-state index in [9.17, 15) is 26.7 Å². The number of carbonyl (C=O) groups is 1. The average molecular weight is 501 g/mol. The summed E-state index contributed by atoms with van der Waals surface area (Å²) in [5, 5.41) is 2.38. The molecule has 3 aromatic rings. The lowest BCUT2D eigenvalue weighted by atomic mass is 10.1. The molecule has 0 aliphatic carbocycles. The molecule has 0 spiro atoms. The molecule has 0 bridgehead atoms. The van der Waals surface area contributed by atoms with Gasteiger partial charge in [0.1, 0.15) is 5.50 Å². The second kappa shape index (κ2) is 12.9. The number of amides is 1. The maximum atomic E-state index is 13.7. The van der Waals surface area contributed by atoms with Crippen molar-refractivity contribution in [3.8, 4) is 11.3 Å². The molecule has 0 aliphatic rings. The first-order valence-electron chi connectivity index (χ1n) is 10.4. The highest BCUT2D eigenvalue weighted by Crippen LogP contribution is 2.40. The van der Waals surface area contributed by atoms with Crippen LogP contribution in [0.5, 0.6) is 0 Å². The van der Waals surface area contributed by atoms with Crippen molar-refractivity contribution in [3.63, 3.8) is 0 Å². The monoisotopic (exact) mass is 500 g/mol. The lowest BCUT2D eigenvalue weighted by Crippen LogP contribution is -2.14. The van der Waals surface area contributed by atoms with Gasteiger partial charge in [-0.15, -0.1) is 6.58 Å². The smallest absolute Gasteiger partial charge is 0.330 e. The Kier molecular flexibility index (Phi) is 11.0.